The molecule has 1 saturated carbocycles. The second-order valence-corrected chi connectivity index (χ2v) is 10.3. The Morgan fingerprint density at radius 2 is 0.929 bits per heavy atom. The van der Waals surface area contributed by atoms with Crippen LogP contribution in [0.4, 0.5) is 0 Å². The first-order valence-corrected chi connectivity index (χ1v) is 13.7. The van der Waals surface area contributed by atoms with E-state index in [-0.39, 0.29) is 0 Å². The lowest BCUT2D eigenvalue weighted by Crippen LogP contribution is -2.21. The maximum atomic E-state index is 2.39. The molecule has 0 aromatic heterocycles. The number of unbranched alkanes of at least 4 members (excludes halogenated alkanes) is 10. The third-order valence-electron chi connectivity index (χ3n) is 7.70. The zero-order chi connectivity index (χ0) is 20.5. The molecule has 0 heterocycles. The summed E-state index contributed by atoms with van der Waals surface area (Å²) in [5.74, 6) is 2.09. The minimum Gasteiger partial charge on any atom is -0.0654 e. The average Bonchev–Trinajstić information content (AvgIpc) is 3.47. The van der Waals surface area contributed by atoms with Gasteiger partial charge in [-0.2, -0.15) is 0 Å². The number of hydrogen-bond donors (Lipinski definition) is 0. The predicted octanol–water partition coefficient (Wildman–Crippen LogP) is 10.5. The highest BCUT2D eigenvalue weighted by molar-refractivity contribution is 4.99. The van der Waals surface area contributed by atoms with Crippen LogP contribution < -0.4 is 0 Å². The minimum atomic E-state index is 0.779. The van der Waals surface area contributed by atoms with Gasteiger partial charge in [-0.15, -0.1) is 0 Å². The largest absolute Gasteiger partial charge is 0.0654 e. The van der Waals surface area contributed by atoms with Gasteiger partial charge in [-0.25, -0.2) is 0 Å². The van der Waals surface area contributed by atoms with Gasteiger partial charge in [0.15, 0.2) is 0 Å². The van der Waals surface area contributed by atoms with Gasteiger partial charge in [-0.3, -0.25) is 0 Å². The molecule has 1 aliphatic rings. The summed E-state index contributed by atoms with van der Waals surface area (Å²) in [6, 6.07) is 0. The van der Waals surface area contributed by atoms with Gasteiger partial charge in [0, 0.05) is 0 Å². The maximum Gasteiger partial charge on any atom is -0.0266 e. The summed E-state index contributed by atoms with van der Waals surface area (Å²) in [5, 5.41) is 0. The van der Waals surface area contributed by atoms with Crippen molar-refractivity contribution >= 4 is 0 Å². The van der Waals surface area contributed by atoms with E-state index in [1.54, 1.807) is 19.3 Å². The van der Waals surface area contributed by atoms with Gasteiger partial charge in [0.05, 0.1) is 0 Å². The molecule has 0 saturated heterocycles. The minimum absolute atomic E-state index is 0.779. The molecule has 0 aliphatic heterocycles. The quantitative estimate of drug-likeness (QED) is 0.170. The summed E-state index contributed by atoms with van der Waals surface area (Å²) in [5.41, 5.74) is 0.779. The van der Waals surface area contributed by atoms with Crippen molar-refractivity contribution in [3.63, 3.8) is 0 Å². The second kappa shape index (κ2) is 16.8. The molecule has 168 valence electrons. The van der Waals surface area contributed by atoms with Gasteiger partial charge in [0.2, 0.25) is 0 Å². The summed E-state index contributed by atoms with van der Waals surface area (Å²) in [4.78, 5) is 0. The van der Waals surface area contributed by atoms with Crippen molar-refractivity contribution in [1.82, 2.24) is 0 Å². The Bertz CT molecular complexity index is 327. The smallest absolute Gasteiger partial charge is 0.0266 e. The summed E-state index contributed by atoms with van der Waals surface area (Å²) in [6.45, 7) is 9.43. The van der Waals surface area contributed by atoms with E-state index >= 15 is 0 Å². The Kier molecular flexibility index (Phi) is 15.6. The van der Waals surface area contributed by atoms with Crippen molar-refractivity contribution in [2.24, 2.45) is 17.3 Å². The van der Waals surface area contributed by atoms with E-state index in [1.807, 2.05) is 0 Å². The van der Waals surface area contributed by atoms with Gasteiger partial charge < -0.3 is 0 Å². The Morgan fingerprint density at radius 3 is 1.50 bits per heavy atom. The van der Waals surface area contributed by atoms with E-state index in [1.165, 1.54) is 116 Å². The number of rotatable bonds is 21. The summed E-state index contributed by atoms with van der Waals surface area (Å²) in [6.07, 6.45) is 31.1. The summed E-state index contributed by atoms with van der Waals surface area (Å²) >= 11 is 0. The highest BCUT2D eigenvalue weighted by Gasteiger charge is 2.48. The molecule has 1 rings (SSSR count). The van der Waals surface area contributed by atoms with Crippen molar-refractivity contribution in [3.8, 4) is 0 Å². The van der Waals surface area contributed by atoms with E-state index in [0.717, 1.165) is 17.3 Å². The zero-order valence-corrected chi connectivity index (χ0v) is 20.5. The Labute approximate surface area is 180 Å². The van der Waals surface area contributed by atoms with Crippen molar-refractivity contribution in [3.05, 3.63) is 0 Å². The molecule has 0 nitrogen and oxygen atoms in total. The molecular weight excluding hydrogens is 336 g/mol. The first kappa shape index (κ1) is 26.0. The molecule has 0 spiro atoms. The third-order valence-corrected chi connectivity index (χ3v) is 7.70. The molecule has 1 aliphatic carbocycles. The lowest BCUT2D eigenvalue weighted by molar-refractivity contribution is 0.194. The van der Waals surface area contributed by atoms with Crippen molar-refractivity contribution in [2.75, 3.05) is 0 Å². The van der Waals surface area contributed by atoms with Crippen LogP contribution in [0.3, 0.4) is 0 Å². The first-order chi connectivity index (χ1) is 13.7. The van der Waals surface area contributed by atoms with Crippen LogP contribution in [0, 0.1) is 17.3 Å². The fourth-order valence-electron chi connectivity index (χ4n) is 5.61. The van der Waals surface area contributed by atoms with E-state index in [9.17, 15) is 0 Å². The van der Waals surface area contributed by atoms with Gasteiger partial charge in [-0.05, 0) is 49.4 Å². The van der Waals surface area contributed by atoms with Crippen LogP contribution in [0.5, 0.6) is 0 Å². The topological polar surface area (TPSA) is 0 Å². The first-order valence-electron chi connectivity index (χ1n) is 13.7. The van der Waals surface area contributed by atoms with Crippen molar-refractivity contribution < 1.29 is 0 Å². The van der Waals surface area contributed by atoms with Crippen LogP contribution >= 0.6 is 0 Å². The molecular formula is C28H56. The van der Waals surface area contributed by atoms with Crippen LogP contribution in [0.1, 0.15) is 163 Å². The van der Waals surface area contributed by atoms with E-state index in [0.29, 0.717) is 0 Å². The number of hydrogen-bond acceptors (Lipinski definition) is 0. The van der Waals surface area contributed by atoms with E-state index in [2.05, 4.69) is 27.7 Å². The predicted molar refractivity (Wildman–Crippen MR) is 129 cm³/mol. The molecule has 0 heteroatoms. The van der Waals surface area contributed by atoms with Crippen LogP contribution in [0.15, 0.2) is 0 Å². The lowest BCUT2D eigenvalue weighted by Gasteiger charge is -2.31. The molecule has 2 atom stereocenters. The Balaban J connectivity index is 2.55. The second-order valence-electron chi connectivity index (χ2n) is 10.3. The van der Waals surface area contributed by atoms with Gasteiger partial charge in [-0.1, -0.05) is 130 Å². The molecule has 0 aromatic rings. The Hall–Kier alpha value is 0. The van der Waals surface area contributed by atoms with Crippen molar-refractivity contribution in [2.45, 2.75) is 163 Å². The molecule has 0 bridgehead atoms. The molecule has 0 amide bonds. The highest BCUT2D eigenvalue weighted by Crippen LogP contribution is 2.60. The standard InChI is InChI=1S/C28H56/c1-5-9-13-15-17-20-26(19-16-11-7-3)25-28(23-24-28)27(21-12-8-4)22-18-14-10-6-2/h26-27H,5-25H2,1-4H3. The monoisotopic (exact) mass is 392 g/mol. The SMILES string of the molecule is CCCCCCCC(CCCCC)CC1(C(CCCC)CCCCCC)CC1. The summed E-state index contributed by atoms with van der Waals surface area (Å²) in [7, 11) is 0. The molecule has 1 fully saturated rings. The third kappa shape index (κ3) is 11.3. The maximum absolute atomic E-state index is 2.39. The fourth-order valence-corrected chi connectivity index (χ4v) is 5.61. The summed E-state index contributed by atoms with van der Waals surface area (Å²) < 4.78 is 0. The average molecular weight is 393 g/mol. The van der Waals surface area contributed by atoms with Crippen LogP contribution in [0.2, 0.25) is 0 Å². The van der Waals surface area contributed by atoms with Crippen LogP contribution in [-0.4, -0.2) is 0 Å². The fraction of sp³-hybridized carbons (Fsp3) is 1.00. The molecule has 2 unspecified atom stereocenters. The lowest BCUT2D eigenvalue weighted by atomic mass is 9.74. The molecule has 0 N–H and O–H groups in total. The normalized spacial score (nSPS) is 17.6. The van der Waals surface area contributed by atoms with Gasteiger partial charge in [0.1, 0.15) is 0 Å². The molecule has 28 heavy (non-hydrogen) atoms. The van der Waals surface area contributed by atoms with Crippen LogP contribution in [-0.2, 0) is 0 Å². The Morgan fingerprint density at radius 1 is 0.500 bits per heavy atom. The van der Waals surface area contributed by atoms with E-state index < -0.39 is 0 Å². The van der Waals surface area contributed by atoms with Crippen molar-refractivity contribution in [1.29, 1.82) is 0 Å². The zero-order valence-electron chi connectivity index (χ0n) is 20.5. The highest BCUT2D eigenvalue weighted by atomic mass is 14.5. The van der Waals surface area contributed by atoms with E-state index in [4.69, 9.17) is 0 Å². The van der Waals surface area contributed by atoms with Gasteiger partial charge >= 0.3 is 0 Å². The molecule has 0 aromatic carbocycles. The van der Waals surface area contributed by atoms with Gasteiger partial charge in [0.25, 0.3) is 0 Å². The molecule has 0 radical (unpaired) electrons. The van der Waals surface area contributed by atoms with Crippen LogP contribution in [0.25, 0.3) is 0 Å².